The first-order valence-corrected chi connectivity index (χ1v) is 5.59. The van der Waals surface area contributed by atoms with Crippen molar-refractivity contribution in [3.05, 3.63) is 18.2 Å². The largest absolute Gasteiger partial charge is 0.378 e. The molecule has 0 spiro atoms. The zero-order valence-electron chi connectivity index (χ0n) is 9.48. The lowest BCUT2D eigenvalue weighted by molar-refractivity contribution is -0.132. The molecule has 5 nitrogen and oxygen atoms in total. The second-order valence-electron chi connectivity index (χ2n) is 4.12. The molecular formula is C11H17N3O2. The van der Waals surface area contributed by atoms with E-state index in [1.807, 2.05) is 0 Å². The number of carbonyl (C=O) groups excluding carboxylic acids is 1. The summed E-state index contributed by atoms with van der Waals surface area (Å²) in [5.74, 6) is 0.923. The van der Waals surface area contributed by atoms with Gasteiger partial charge in [0.2, 0.25) is 5.91 Å². The maximum absolute atomic E-state index is 11.8. The van der Waals surface area contributed by atoms with Crippen molar-refractivity contribution in [3.8, 4) is 0 Å². The number of carbonyl (C=O) groups is 1. The first kappa shape index (κ1) is 11.1. The Labute approximate surface area is 94.8 Å². The van der Waals surface area contributed by atoms with Crippen molar-refractivity contribution < 1.29 is 9.53 Å². The molecule has 2 rings (SSSR count). The molecule has 1 amide bonds. The van der Waals surface area contributed by atoms with Gasteiger partial charge in [-0.1, -0.05) is 0 Å². The van der Waals surface area contributed by atoms with Crippen molar-refractivity contribution in [1.29, 1.82) is 0 Å². The van der Waals surface area contributed by atoms with E-state index in [1.54, 1.807) is 24.3 Å². The topological polar surface area (TPSA) is 58.2 Å². The van der Waals surface area contributed by atoms with Gasteiger partial charge in [0.05, 0.1) is 19.1 Å². The lowest BCUT2D eigenvalue weighted by atomic mass is 10.1. The second kappa shape index (κ2) is 5.12. The second-order valence-corrected chi connectivity index (χ2v) is 4.12. The highest BCUT2D eigenvalue weighted by molar-refractivity contribution is 5.76. The SMILES string of the molecule is CN(Cc1ncc[nH]1)C(=O)CC1CCCO1. The minimum atomic E-state index is 0.114. The molecule has 2 heterocycles. The average Bonchev–Trinajstić information content (AvgIpc) is 2.90. The number of nitrogens with zero attached hydrogens (tertiary/aromatic N) is 2. The van der Waals surface area contributed by atoms with Crippen LogP contribution in [-0.4, -0.2) is 40.5 Å². The van der Waals surface area contributed by atoms with Gasteiger partial charge in [0, 0.05) is 26.0 Å². The fourth-order valence-electron chi connectivity index (χ4n) is 1.85. The van der Waals surface area contributed by atoms with Gasteiger partial charge in [-0.05, 0) is 12.8 Å². The molecule has 1 unspecified atom stereocenters. The van der Waals surface area contributed by atoms with Gasteiger partial charge in [-0.25, -0.2) is 4.98 Å². The molecule has 0 radical (unpaired) electrons. The Bertz CT molecular complexity index is 331. The Morgan fingerprint density at radius 3 is 3.25 bits per heavy atom. The molecule has 1 atom stereocenters. The molecular weight excluding hydrogens is 206 g/mol. The van der Waals surface area contributed by atoms with E-state index in [4.69, 9.17) is 4.74 Å². The maximum atomic E-state index is 11.8. The van der Waals surface area contributed by atoms with Crippen LogP contribution in [0.4, 0.5) is 0 Å². The average molecular weight is 223 g/mol. The molecule has 1 saturated heterocycles. The van der Waals surface area contributed by atoms with Gasteiger partial charge in [-0.3, -0.25) is 4.79 Å². The summed E-state index contributed by atoms with van der Waals surface area (Å²) in [4.78, 5) is 20.6. The quantitative estimate of drug-likeness (QED) is 0.826. The number of aromatic amines is 1. The van der Waals surface area contributed by atoms with Crippen LogP contribution >= 0.6 is 0 Å². The molecule has 5 heteroatoms. The van der Waals surface area contributed by atoms with Crippen molar-refractivity contribution in [3.63, 3.8) is 0 Å². The van der Waals surface area contributed by atoms with Crippen LogP contribution in [0.15, 0.2) is 12.4 Å². The molecule has 88 valence electrons. The van der Waals surface area contributed by atoms with Gasteiger partial charge in [-0.15, -0.1) is 0 Å². The highest BCUT2D eigenvalue weighted by Gasteiger charge is 2.21. The standard InChI is InChI=1S/C11H17N3O2/c1-14(8-10-12-4-5-13-10)11(15)7-9-3-2-6-16-9/h4-5,9H,2-3,6-8H2,1H3,(H,12,13). The van der Waals surface area contributed by atoms with E-state index in [9.17, 15) is 4.79 Å². The molecule has 1 aromatic heterocycles. The van der Waals surface area contributed by atoms with Crippen molar-refractivity contribution in [2.75, 3.05) is 13.7 Å². The Morgan fingerprint density at radius 1 is 1.75 bits per heavy atom. The first-order chi connectivity index (χ1) is 7.75. The molecule has 0 aromatic carbocycles. The molecule has 1 aromatic rings. The Balaban J connectivity index is 1.79. The van der Waals surface area contributed by atoms with Crippen LogP contribution in [0, 0.1) is 0 Å². The van der Waals surface area contributed by atoms with E-state index in [2.05, 4.69) is 9.97 Å². The summed E-state index contributed by atoms with van der Waals surface area (Å²) in [7, 11) is 1.79. The van der Waals surface area contributed by atoms with Gasteiger partial charge >= 0.3 is 0 Å². The molecule has 1 aliphatic heterocycles. The minimum absolute atomic E-state index is 0.114. The van der Waals surface area contributed by atoms with Crippen molar-refractivity contribution in [1.82, 2.24) is 14.9 Å². The van der Waals surface area contributed by atoms with Gasteiger partial charge in [0.1, 0.15) is 5.82 Å². The van der Waals surface area contributed by atoms with Crippen LogP contribution in [0.1, 0.15) is 25.1 Å². The smallest absolute Gasteiger partial charge is 0.225 e. The number of aromatic nitrogens is 2. The number of hydrogen-bond donors (Lipinski definition) is 1. The fourth-order valence-corrected chi connectivity index (χ4v) is 1.85. The van der Waals surface area contributed by atoms with Gasteiger partial charge in [0.25, 0.3) is 0 Å². The highest BCUT2D eigenvalue weighted by Crippen LogP contribution is 2.16. The highest BCUT2D eigenvalue weighted by atomic mass is 16.5. The molecule has 16 heavy (non-hydrogen) atoms. The predicted octanol–water partition coefficient (Wildman–Crippen LogP) is 0.937. The van der Waals surface area contributed by atoms with E-state index in [-0.39, 0.29) is 12.0 Å². The number of nitrogens with one attached hydrogen (secondary N) is 1. The lowest BCUT2D eigenvalue weighted by Gasteiger charge is -2.17. The number of H-pyrrole nitrogens is 1. The number of ether oxygens (including phenoxy) is 1. The van der Waals surface area contributed by atoms with Crippen LogP contribution in [0.25, 0.3) is 0 Å². The molecule has 0 aliphatic carbocycles. The van der Waals surface area contributed by atoms with Crippen LogP contribution in [0.2, 0.25) is 0 Å². The summed E-state index contributed by atoms with van der Waals surface area (Å²) < 4.78 is 5.44. The van der Waals surface area contributed by atoms with E-state index >= 15 is 0 Å². The van der Waals surface area contributed by atoms with Gasteiger partial charge in [-0.2, -0.15) is 0 Å². The van der Waals surface area contributed by atoms with E-state index in [0.717, 1.165) is 25.3 Å². The van der Waals surface area contributed by atoms with Gasteiger partial charge < -0.3 is 14.6 Å². The predicted molar refractivity (Wildman–Crippen MR) is 58.7 cm³/mol. The van der Waals surface area contributed by atoms with Crippen molar-refractivity contribution >= 4 is 5.91 Å². The van der Waals surface area contributed by atoms with Crippen molar-refractivity contribution in [2.45, 2.75) is 31.9 Å². The number of imidazole rings is 1. The Kier molecular flexibility index (Phi) is 3.56. The zero-order chi connectivity index (χ0) is 11.4. The minimum Gasteiger partial charge on any atom is -0.378 e. The fraction of sp³-hybridized carbons (Fsp3) is 0.636. The number of rotatable bonds is 4. The van der Waals surface area contributed by atoms with E-state index in [0.29, 0.717) is 13.0 Å². The third kappa shape index (κ3) is 2.82. The molecule has 0 bridgehead atoms. The Hall–Kier alpha value is -1.36. The lowest BCUT2D eigenvalue weighted by Crippen LogP contribution is -2.29. The Morgan fingerprint density at radius 2 is 2.62 bits per heavy atom. The normalized spacial score (nSPS) is 19.9. The summed E-state index contributed by atoms with van der Waals surface area (Å²) in [5, 5.41) is 0. The van der Waals surface area contributed by atoms with Crippen LogP contribution in [0.5, 0.6) is 0 Å². The maximum Gasteiger partial charge on any atom is 0.225 e. The number of hydrogen-bond acceptors (Lipinski definition) is 3. The summed E-state index contributed by atoms with van der Waals surface area (Å²) in [6.07, 6.45) is 6.12. The molecule has 1 fully saturated rings. The molecule has 1 N–H and O–H groups in total. The van der Waals surface area contributed by atoms with Crippen LogP contribution in [0.3, 0.4) is 0 Å². The zero-order valence-corrected chi connectivity index (χ0v) is 9.48. The summed E-state index contributed by atoms with van der Waals surface area (Å²) in [6, 6.07) is 0. The third-order valence-corrected chi connectivity index (χ3v) is 2.79. The van der Waals surface area contributed by atoms with E-state index < -0.39 is 0 Å². The molecule has 0 saturated carbocycles. The third-order valence-electron chi connectivity index (χ3n) is 2.79. The van der Waals surface area contributed by atoms with E-state index in [1.165, 1.54) is 0 Å². The van der Waals surface area contributed by atoms with Crippen LogP contribution in [-0.2, 0) is 16.1 Å². The monoisotopic (exact) mass is 223 g/mol. The van der Waals surface area contributed by atoms with Crippen LogP contribution < -0.4 is 0 Å². The number of amides is 1. The van der Waals surface area contributed by atoms with Gasteiger partial charge in [0.15, 0.2) is 0 Å². The summed E-state index contributed by atoms with van der Waals surface area (Å²) in [5.41, 5.74) is 0. The molecule has 1 aliphatic rings. The van der Waals surface area contributed by atoms with Crippen molar-refractivity contribution in [2.24, 2.45) is 0 Å². The summed E-state index contributed by atoms with van der Waals surface area (Å²) >= 11 is 0. The first-order valence-electron chi connectivity index (χ1n) is 5.59. The summed E-state index contributed by atoms with van der Waals surface area (Å²) in [6.45, 7) is 1.32.